The van der Waals surface area contributed by atoms with Gasteiger partial charge in [-0.05, 0) is 11.5 Å². The number of nitrogens with zero attached hydrogens (tertiary/aromatic N) is 1. The molecule has 3 amide bonds. The van der Waals surface area contributed by atoms with E-state index in [2.05, 4.69) is 38.5 Å². The van der Waals surface area contributed by atoms with Crippen molar-refractivity contribution >= 4 is 36.3 Å². The van der Waals surface area contributed by atoms with Gasteiger partial charge in [0.25, 0.3) is 0 Å². The molecule has 2 aromatic rings. The molecule has 11 nitrogen and oxygen atoms in total. The second kappa shape index (κ2) is 14.2. The zero-order chi connectivity index (χ0) is 26.7. The Morgan fingerprint density at radius 2 is 1.69 bits per heavy atom. The molecular weight excluding hydrogens is 484 g/mol. The number of aliphatic carboxylic acids is 1. The van der Waals surface area contributed by atoms with Crippen LogP contribution in [0, 0.1) is 5.92 Å². The van der Waals surface area contributed by atoms with Crippen molar-refractivity contribution < 1.29 is 24.3 Å². The molecule has 1 heterocycles. The Labute approximate surface area is 215 Å². The van der Waals surface area contributed by atoms with Crippen molar-refractivity contribution in [2.24, 2.45) is 11.7 Å². The van der Waals surface area contributed by atoms with Gasteiger partial charge in [-0.1, -0.05) is 50.6 Å². The number of thiol groups is 1. The molecule has 12 heteroatoms. The Morgan fingerprint density at radius 1 is 1.03 bits per heavy atom. The lowest BCUT2D eigenvalue weighted by Crippen LogP contribution is -2.59. The van der Waals surface area contributed by atoms with Crippen molar-refractivity contribution in [2.45, 2.75) is 57.3 Å². The Kier molecular flexibility index (Phi) is 11.4. The summed E-state index contributed by atoms with van der Waals surface area (Å²) < 4.78 is 0. The fourth-order valence-corrected chi connectivity index (χ4v) is 3.72. The second-order valence-corrected chi connectivity index (χ2v) is 8.96. The van der Waals surface area contributed by atoms with Crippen LogP contribution in [-0.4, -0.2) is 68.7 Å². The molecule has 0 radical (unpaired) electrons. The van der Waals surface area contributed by atoms with E-state index in [0.29, 0.717) is 12.1 Å². The summed E-state index contributed by atoms with van der Waals surface area (Å²) >= 11 is 4.16. The van der Waals surface area contributed by atoms with Crippen LogP contribution < -0.4 is 21.7 Å². The molecule has 7 N–H and O–H groups in total. The van der Waals surface area contributed by atoms with E-state index in [4.69, 9.17) is 5.73 Å². The second-order valence-electron chi connectivity index (χ2n) is 8.59. The molecule has 5 unspecified atom stereocenters. The molecular formula is C24H34N6O5S. The minimum Gasteiger partial charge on any atom is -0.480 e. The smallest absolute Gasteiger partial charge is 0.326 e. The third-order valence-electron chi connectivity index (χ3n) is 5.84. The summed E-state index contributed by atoms with van der Waals surface area (Å²) in [5, 5.41) is 17.4. The average molecular weight is 519 g/mol. The van der Waals surface area contributed by atoms with Gasteiger partial charge in [-0.15, -0.1) is 0 Å². The van der Waals surface area contributed by atoms with Gasteiger partial charge in [-0.3, -0.25) is 14.4 Å². The van der Waals surface area contributed by atoms with Gasteiger partial charge in [0.1, 0.15) is 18.1 Å². The van der Waals surface area contributed by atoms with E-state index in [0.717, 1.165) is 5.56 Å². The fourth-order valence-electron chi connectivity index (χ4n) is 3.47. The van der Waals surface area contributed by atoms with Crippen LogP contribution in [0.15, 0.2) is 42.9 Å². The summed E-state index contributed by atoms with van der Waals surface area (Å²) in [7, 11) is 0. The molecule has 2 rings (SSSR count). The van der Waals surface area contributed by atoms with Crippen LogP contribution in [0.2, 0.25) is 0 Å². The van der Waals surface area contributed by atoms with Crippen LogP contribution in [0.3, 0.4) is 0 Å². The number of carboxylic acid groups (broad SMARTS) is 1. The number of carbonyl (C=O) groups is 4. The molecule has 196 valence electrons. The highest BCUT2D eigenvalue weighted by molar-refractivity contribution is 7.80. The molecule has 1 aromatic heterocycles. The predicted molar refractivity (Wildman–Crippen MR) is 137 cm³/mol. The maximum atomic E-state index is 13.1. The Morgan fingerprint density at radius 3 is 2.25 bits per heavy atom. The maximum absolute atomic E-state index is 13.1. The number of aromatic amines is 1. The summed E-state index contributed by atoms with van der Waals surface area (Å²) in [5.41, 5.74) is 7.36. The van der Waals surface area contributed by atoms with Crippen molar-refractivity contribution in [3.63, 3.8) is 0 Å². The summed E-state index contributed by atoms with van der Waals surface area (Å²) in [4.78, 5) is 57.1. The molecule has 0 aliphatic heterocycles. The largest absolute Gasteiger partial charge is 0.480 e. The number of rotatable bonds is 14. The normalized spacial score (nSPS) is 15.1. The first-order valence-electron chi connectivity index (χ1n) is 11.7. The third kappa shape index (κ3) is 8.68. The highest BCUT2D eigenvalue weighted by Crippen LogP contribution is 2.11. The molecule has 0 bridgehead atoms. The topological polar surface area (TPSA) is 179 Å². The highest BCUT2D eigenvalue weighted by Gasteiger charge is 2.32. The first-order chi connectivity index (χ1) is 17.2. The molecule has 36 heavy (non-hydrogen) atoms. The maximum Gasteiger partial charge on any atom is 0.326 e. The van der Waals surface area contributed by atoms with Crippen molar-refractivity contribution in [2.75, 3.05) is 5.75 Å². The van der Waals surface area contributed by atoms with Crippen molar-refractivity contribution in [1.29, 1.82) is 0 Å². The van der Waals surface area contributed by atoms with Gasteiger partial charge in [0, 0.05) is 30.5 Å². The predicted octanol–water partition coefficient (Wildman–Crippen LogP) is 0.0371. The van der Waals surface area contributed by atoms with E-state index < -0.39 is 47.9 Å². The van der Waals surface area contributed by atoms with Gasteiger partial charge in [0.2, 0.25) is 17.7 Å². The zero-order valence-corrected chi connectivity index (χ0v) is 21.2. The van der Waals surface area contributed by atoms with Gasteiger partial charge in [-0.2, -0.15) is 12.6 Å². The van der Waals surface area contributed by atoms with E-state index in [9.17, 15) is 24.3 Å². The van der Waals surface area contributed by atoms with Crippen LogP contribution in [-0.2, 0) is 32.0 Å². The van der Waals surface area contributed by atoms with E-state index in [1.165, 1.54) is 6.33 Å². The molecule has 0 fully saturated rings. The van der Waals surface area contributed by atoms with Gasteiger partial charge in [-0.25, -0.2) is 9.78 Å². The molecule has 5 atom stereocenters. The summed E-state index contributed by atoms with van der Waals surface area (Å²) in [6.07, 6.45) is 3.85. The first-order valence-corrected chi connectivity index (χ1v) is 12.3. The summed E-state index contributed by atoms with van der Waals surface area (Å²) in [5.74, 6) is -3.33. The number of amides is 3. The average Bonchev–Trinajstić information content (AvgIpc) is 3.38. The van der Waals surface area contributed by atoms with Crippen LogP contribution in [0.4, 0.5) is 0 Å². The van der Waals surface area contributed by atoms with Gasteiger partial charge >= 0.3 is 5.97 Å². The molecule has 1 aromatic carbocycles. The number of hydrogen-bond donors (Lipinski definition) is 7. The third-order valence-corrected chi connectivity index (χ3v) is 6.20. The molecule has 0 spiro atoms. The summed E-state index contributed by atoms with van der Waals surface area (Å²) in [6.45, 7) is 3.62. The Hall–Kier alpha value is -3.38. The monoisotopic (exact) mass is 518 g/mol. The lowest BCUT2D eigenvalue weighted by Gasteiger charge is -2.27. The van der Waals surface area contributed by atoms with Gasteiger partial charge in [0.15, 0.2) is 0 Å². The lowest BCUT2D eigenvalue weighted by molar-refractivity contribution is -0.142. The highest BCUT2D eigenvalue weighted by atomic mass is 32.1. The van der Waals surface area contributed by atoms with E-state index >= 15 is 0 Å². The molecule has 0 saturated carbocycles. The Bertz CT molecular complexity index is 1000. The number of imidazole rings is 1. The van der Waals surface area contributed by atoms with Crippen molar-refractivity contribution in [1.82, 2.24) is 25.9 Å². The number of nitrogens with one attached hydrogen (secondary N) is 4. The lowest BCUT2D eigenvalue weighted by atomic mass is 9.97. The number of nitrogens with two attached hydrogens (primary N) is 1. The molecule has 0 aliphatic carbocycles. The van der Waals surface area contributed by atoms with Crippen molar-refractivity contribution in [3.05, 3.63) is 54.1 Å². The van der Waals surface area contributed by atoms with E-state index in [1.54, 1.807) is 37.4 Å². The van der Waals surface area contributed by atoms with E-state index in [1.807, 2.05) is 13.0 Å². The standard InChI is InChI=1S/C24H34N6O5S/c1-3-14(2)20(23(33)28-18(24(34)35)9-15-7-5-4-6-8-15)30-22(32)19(12-36)29-21(31)17(25)10-16-11-26-13-27-16/h4-8,11,13-14,17-20,36H,3,9-10,12,25H2,1-2H3,(H,26,27)(H,28,33)(H,29,31)(H,30,32)(H,34,35). The zero-order valence-electron chi connectivity index (χ0n) is 20.3. The SMILES string of the molecule is CCC(C)C(NC(=O)C(CS)NC(=O)C(N)Cc1cnc[nH]1)C(=O)NC(Cc1ccccc1)C(=O)O. The number of carboxylic acids is 1. The van der Waals surface area contributed by atoms with Gasteiger partial charge in [0.05, 0.1) is 12.4 Å². The van der Waals surface area contributed by atoms with Crippen LogP contribution in [0.5, 0.6) is 0 Å². The minimum absolute atomic E-state index is 0.0328. The number of aromatic nitrogens is 2. The number of H-pyrrole nitrogens is 1. The summed E-state index contributed by atoms with van der Waals surface area (Å²) in [6, 6.07) is 4.75. The van der Waals surface area contributed by atoms with Crippen LogP contribution in [0.1, 0.15) is 31.5 Å². The molecule has 0 aliphatic rings. The number of carbonyl (C=O) groups excluding carboxylic acids is 3. The molecule has 0 saturated heterocycles. The van der Waals surface area contributed by atoms with Crippen LogP contribution >= 0.6 is 12.6 Å². The first kappa shape index (κ1) is 28.9. The van der Waals surface area contributed by atoms with Gasteiger partial charge < -0.3 is 31.8 Å². The number of benzene rings is 1. The van der Waals surface area contributed by atoms with E-state index in [-0.39, 0.29) is 24.5 Å². The van der Waals surface area contributed by atoms with Crippen molar-refractivity contribution in [3.8, 4) is 0 Å². The Balaban J connectivity index is 2.05. The quantitative estimate of drug-likeness (QED) is 0.172. The minimum atomic E-state index is -1.19. The number of hydrogen-bond acceptors (Lipinski definition) is 7. The van der Waals surface area contributed by atoms with Crippen LogP contribution in [0.25, 0.3) is 0 Å². The fraction of sp³-hybridized carbons (Fsp3) is 0.458.